The fourth-order valence-electron chi connectivity index (χ4n) is 2.44. The summed E-state index contributed by atoms with van der Waals surface area (Å²) >= 11 is 0. The van der Waals surface area contributed by atoms with Gasteiger partial charge in [0.15, 0.2) is 0 Å². The van der Waals surface area contributed by atoms with Gasteiger partial charge >= 0.3 is 0 Å². The molecule has 0 saturated heterocycles. The van der Waals surface area contributed by atoms with Crippen LogP contribution >= 0.6 is 0 Å². The van der Waals surface area contributed by atoms with Gasteiger partial charge in [0, 0.05) is 43.5 Å². The van der Waals surface area contributed by atoms with Crippen LogP contribution in [0, 0.1) is 6.92 Å². The van der Waals surface area contributed by atoms with Gasteiger partial charge in [-0.25, -0.2) is 4.98 Å². The third-order valence-electron chi connectivity index (χ3n) is 3.45. The molecule has 0 spiro atoms. The molecule has 2 N–H and O–H groups in total. The first kappa shape index (κ1) is 17.4. The van der Waals surface area contributed by atoms with Gasteiger partial charge in [-0.05, 0) is 46.8 Å². The first-order valence-corrected chi connectivity index (χ1v) is 7.55. The summed E-state index contributed by atoms with van der Waals surface area (Å²) in [4.78, 5) is 18.8. The second-order valence-electron chi connectivity index (χ2n) is 5.81. The van der Waals surface area contributed by atoms with Crippen molar-refractivity contribution in [2.75, 3.05) is 25.5 Å². The summed E-state index contributed by atoms with van der Waals surface area (Å²) in [6, 6.07) is 4.52. The van der Waals surface area contributed by atoms with Crippen LogP contribution in [0.5, 0.6) is 0 Å². The van der Waals surface area contributed by atoms with E-state index in [1.54, 1.807) is 19.2 Å². The topological polar surface area (TPSA) is 57.3 Å². The summed E-state index contributed by atoms with van der Waals surface area (Å²) in [6.45, 7) is 12.1. The molecular weight excluding hydrogens is 264 g/mol. The van der Waals surface area contributed by atoms with Gasteiger partial charge in [-0.2, -0.15) is 0 Å². The highest BCUT2D eigenvalue weighted by molar-refractivity contribution is 5.94. The lowest BCUT2D eigenvalue weighted by Crippen LogP contribution is -2.42. The van der Waals surface area contributed by atoms with Gasteiger partial charge in [0.05, 0.1) is 0 Å². The molecule has 118 valence electrons. The Bertz CT molecular complexity index is 463. The van der Waals surface area contributed by atoms with Crippen molar-refractivity contribution in [1.82, 2.24) is 15.2 Å². The highest BCUT2D eigenvalue weighted by Gasteiger charge is 2.14. The summed E-state index contributed by atoms with van der Waals surface area (Å²) in [7, 11) is 1.80. The number of pyridine rings is 1. The number of rotatable bonds is 7. The Labute approximate surface area is 128 Å². The Hall–Kier alpha value is -1.62. The Balaban J connectivity index is 2.60. The first-order valence-electron chi connectivity index (χ1n) is 7.55. The SMILES string of the molecule is CNc1cc(C(=O)NCCN(C(C)C)C(C)C)cc(C)n1. The molecule has 5 nitrogen and oxygen atoms in total. The number of amides is 1. The maximum Gasteiger partial charge on any atom is 0.251 e. The molecule has 1 amide bonds. The summed E-state index contributed by atoms with van der Waals surface area (Å²) < 4.78 is 0. The van der Waals surface area contributed by atoms with Gasteiger partial charge in [-0.3, -0.25) is 9.69 Å². The van der Waals surface area contributed by atoms with Crippen LogP contribution in [0.1, 0.15) is 43.7 Å². The summed E-state index contributed by atoms with van der Waals surface area (Å²) in [5.41, 5.74) is 1.48. The minimum absolute atomic E-state index is 0.0514. The zero-order valence-electron chi connectivity index (χ0n) is 14.0. The van der Waals surface area contributed by atoms with E-state index >= 15 is 0 Å². The number of anilines is 1. The highest BCUT2D eigenvalue weighted by Crippen LogP contribution is 2.09. The molecule has 0 saturated carbocycles. The van der Waals surface area contributed by atoms with Crippen LogP contribution in [-0.2, 0) is 0 Å². The van der Waals surface area contributed by atoms with Gasteiger partial charge in [0.1, 0.15) is 5.82 Å². The van der Waals surface area contributed by atoms with Crippen LogP contribution in [0.2, 0.25) is 0 Å². The van der Waals surface area contributed by atoms with Crippen molar-refractivity contribution >= 4 is 11.7 Å². The van der Waals surface area contributed by atoms with Crippen LogP contribution in [-0.4, -0.2) is 48.0 Å². The highest BCUT2D eigenvalue weighted by atomic mass is 16.1. The van der Waals surface area contributed by atoms with Crippen molar-refractivity contribution in [3.63, 3.8) is 0 Å². The van der Waals surface area contributed by atoms with E-state index in [1.165, 1.54) is 0 Å². The third kappa shape index (κ3) is 5.34. The second-order valence-corrected chi connectivity index (χ2v) is 5.81. The molecule has 5 heteroatoms. The number of hydrogen-bond donors (Lipinski definition) is 2. The van der Waals surface area contributed by atoms with E-state index in [1.807, 2.05) is 6.92 Å². The Kier molecular flexibility index (Phi) is 6.62. The lowest BCUT2D eigenvalue weighted by molar-refractivity contribution is 0.0939. The quantitative estimate of drug-likeness (QED) is 0.809. The predicted molar refractivity (Wildman–Crippen MR) is 87.8 cm³/mol. The Morgan fingerprint density at radius 1 is 1.24 bits per heavy atom. The Morgan fingerprint density at radius 2 is 1.86 bits per heavy atom. The van der Waals surface area contributed by atoms with E-state index in [0.29, 0.717) is 30.0 Å². The van der Waals surface area contributed by atoms with Crippen LogP contribution in [0.15, 0.2) is 12.1 Å². The van der Waals surface area contributed by atoms with Gasteiger partial charge < -0.3 is 10.6 Å². The number of nitrogens with zero attached hydrogens (tertiary/aromatic N) is 2. The fourth-order valence-corrected chi connectivity index (χ4v) is 2.44. The van der Waals surface area contributed by atoms with Crippen molar-refractivity contribution in [3.05, 3.63) is 23.4 Å². The Morgan fingerprint density at radius 3 is 2.38 bits per heavy atom. The van der Waals surface area contributed by atoms with Crippen LogP contribution in [0.25, 0.3) is 0 Å². The molecule has 0 atom stereocenters. The zero-order chi connectivity index (χ0) is 16.0. The number of hydrogen-bond acceptors (Lipinski definition) is 4. The molecule has 0 aromatic carbocycles. The molecule has 0 unspecified atom stereocenters. The largest absolute Gasteiger partial charge is 0.373 e. The summed E-state index contributed by atoms with van der Waals surface area (Å²) in [5, 5.41) is 5.95. The molecule has 1 rings (SSSR count). The van der Waals surface area contributed by atoms with Crippen LogP contribution < -0.4 is 10.6 Å². The van der Waals surface area contributed by atoms with E-state index in [4.69, 9.17) is 0 Å². The minimum Gasteiger partial charge on any atom is -0.373 e. The molecule has 0 radical (unpaired) electrons. The summed E-state index contributed by atoms with van der Waals surface area (Å²) in [6.07, 6.45) is 0. The smallest absolute Gasteiger partial charge is 0.251 e. The average Bonchev–Trinajstić information content (AvgIpc) is 2.41. The predicted octanol–water partition coefficient (Wildman–Crippen LogP) is 2.28. The lowest BCUT2D eigenvalue weighted by atomic mass is 10.2. The molecule has 0 bridgehead atoms. The monoisotopic (exact) mass is 292 g/mol. The lowest BCUT2D eigenvalue weighted by Gasteiger charge is -2.30. The van der Waals surface area contributed by atoms with Crippen molar-refractivity contribution in [3.8, 4) is 0 Å². The van der Waals surface area contributed by atoms with E-state index < -0.39 is 0 Å². The van der Waals surface area contributed by atoms with Gasteiger partial charge in [-0.15, -0.1) is 0 Å². The minimum atomic E-state index is -0.0514. The average molecular weight is 292 g/mol. The molecule has 1 aromatic rings. The molecule has 0 aliphatic heterocycles. The molecule has 0 aliphatic carbocycles. The fraction of sp³-hybridized carbons (Fsp3) is 0.625. The van der Waals surface area contributed by atoms with Gasteiger partial charge in [0.25, 0.3) is 5.91 Å². The number of nitrogens with one attached hydrogen (secondary N) is 2. The van der Waals surface area contributed by atoms with E-state index in [2.05, 4.69) is 48.2 Å². The van der Waals surface area contributed by atoms with Crippen molar-refractivity contribution < 1.29 is 4.79 Å². The molecule has 21 heavy (non-hydrogen) atoms. The zero-order valence-corrected chi connectivity index (χ0v) is 14.0. The molecule has 0 aliphatic rings. The standard InChI is InChI=1S/C16H28N4O/c1-11(2)20(12(3)4)8-7-18-16(21)14-9-13(5)19-15(10-14)17-6/h9-12H,7-8H2,1-6H3,(H,17,19)(H,18,21). The normalized spacial score (nSPS) is 11.3. The summed E-state index contributed by atoms with van der Waals surface area (Å²) in [5.74, 6) is 0.663. The van der Waals surface area contributed by atoms with Crippen LogP contribution in [0.4, 0.5) is 5.82 Å². The molecule has 0 fully saturated rings. The van der Waals surface area contributed by atoms with Crippen molar-refractivity contribution in [2.45, 2.75) is 46.7 Å². The maximum absolute atomic E-state index is 12.2. The number of carbonyl (C=O) groups is 1. The number of aromatic nitrogens is 1. The van der Waals surface area contributed by atoms with Crippen molar-refractivity contribution in [1.29, 1.82) is 0 Å². The van der Waals surface area contributed by atoms with Crippen molar-refractivity contribution in [2.24, 2.45) is 0 Å². The number of carbonyl (C=O) groups excluding carboxylic acids is 1. The van der Waals surface area contributed by atoms with E-state index in [-0.39, 0.29) is 5.91 Å². The second kappa shape index (κ2) is 7.98. The van der Waals surface area contributed by atoms with Gasteiger partial charge in [-0.1, -0.05) is 0 Å². The first-order chi connectivity index (χ1) is 9.85. The van der Waals surface area contributed by atoms with Gasteiger partial charge in [0.2, 0.25) is 0 Å². The third-order valence-corrected chi connectivity index (χ3v) is 3.45. The molecular formula is C16H28N4O. The number of aryl methyl sites for hydroxylation is 1. The maximum atomic E-state index is 12.2. The van der Waals surface area contributed by atoms with Crippen LogP contribution in [0.3, 0.4) is 0 Å². The van der Waals surface area contributed by atoms with E-state index in [9.17, 15) is 4.79 Å². The molecule has 1 heterocycles. The molecule has 1 aromatic heterocycles. The van der Waals surface area contributed by atoms with E-state index in [0.717, 1.165) is 12.2 Å².